The number of amides is 2. The van der Waals surface area contributed by atoms with Crippen LogP contribution < -0.4 is 14.4 Å². The fourth-order valence-electron chi connectivity index (χ4n) is 3.81. The van der Waals surface area contributed by atoms with Crippen LogP contribution in [0.2, 0.25) is 0 Å². The molecule has 8 nitrogen and oxygen atoms in total. The Morgan fingerprint density at radius 1 is 0.947 bits per heavy atom. The first kappa shape index (κ1) is 28.6. The standard InChI is InChI=1S/C28H32FN3O5S/c1-20(2)30-28(34)21(3)31(18-22-11-8-9-16-26(22)29)27(33)19-32(23-12-10-13-24(17-23)37-4)38(35,36)25-14-6-5-7-15-25/h5-17,20-21H,18-19H2,1-4H3,(H,30,34). The zero-order chi connectivity index (χ0) is 27.9. The normalized spacial score (nSPS) is 12.1. The number of halogens is 1. The first-order valence-corrected chi connectivity index (χ1v) is 13.5. The van der Waals surface area contributed by atoms with Crippen LogP contribution in [0.3, 0.4) is 0 Å². The van der Waals surface area contributed by atoms with Crippen molar-refractivity contribution in [2.45, 2.75) is 44.3 Å². The Bertz CT molecular complexity index is 1370. The largest absolute Gasteiger partial charge is 0.497 e. The Hall–Kier alpha value is -3.92. The molecule has 0 aliphatic heterocycles. The van der Waals surface area contributed by atoms with E-state index in [9.17, 15) is 22.4 Å². The Morgan fingerprint density at radius 2 is 1.61 bits per heavy atom. The minimum absolute atomic E-state index is 0.0122. The van der Waals surface area contributed by atoms with Gasteiger partial charge in [0.1, 0.15) is 24.2 Å². The molecule has 0 spiro atoms. The van der Waals surface area contributed by atoms with E-state index >= 15 is 0 Å². The highest BCUT2D eigenvalue weighted by Gasteiger charge is 2.33. The zero-order valence-electron chi connectivity index (χ0n) is 21.8. The maximum Gasteiger partial charge on any atom is 0.264 e. The lowest BCUT2D eigenvalue weighted by Gasteiger charge is -2.32. The molecule has 3 rings (SSSR count). The van der Waals surface area contributed by atoms with Crippen molar-refractivity contribution < 1.29 is 27.1 Å². The molecule has 0 aromatic heterocycles. The summed E-state index contributed by atoms with van der Waals surface area (Å²) in [6, 6.07) is 18.8. The third-order valence-electron chi connectivity index (χ3n) is 5.85. The van der Waals surface area contributed by atoms with Crippen molar-refractivity contribution in [3.05, 3.63) is 90.2 Å². The lowest BCUT2D eigenvalue weighted by atomic mass is 10.1. The molecule has 1 unspecified atom stereocenters. The third-order valence-corrected chi connectivity index (χ3v) is 7.64. The van der Waals surface area contributed by atoms with Crippen LogP contribution in [0.4, 0.5) is 10.1 Å². The summed E-state index contributed by atoms with van der Waals surface area (Å²) >= 11 is 0. The van der Waals surface area contributed by atoms with Crippen LogP contribution in [-0.4, -0.2) is 50.9 Å². The lowest BCUT2D eigenvalue weighted by molar-refractivity contribution is -0.139. The van der Waals surface area contributed by atoms with Crippen molar-refractivity contribution in [2.24, 2.45) is 0 Å². The minimum Gasteiger partial charge on any atom is -0.497 e. The van der Waals surface area contributed by atoms with Gasteiger partial charge in [0.15, 0.2) is 0 Å². The van der Waals surface area contributed by atoms with Gasteiger partial charge in [-0.3, -0.25) is 13.9 Å². The Morgan fingerprint density at radius 3 is 2.24 bits per heavy atom. The minimum atomic E-state index is -4.20. The zero-order valence-corrected chi connectivity index (χ0v) is 22.6. The number of nitrogens with one attached hydrogen (secondary N) is 1. The number of carbonyl (C=O) groups is 2. The fraction of sp³-hybridized carbons (Fsp3) is 0.286. The Labute approximate surface area is 223 Å². The van der Waals surface area contributed by atoms with E-state index in [4.69, 9.17) is 4.74 Å². The molecule has 0 bridgehead atoms. The highest BCUT2D eigenvalue weighted by Crippen LogP contribution is 2.27. The second-order valence-corrected chi connectivity index (χ2v) is 10.8. The summed E-state index contributed by atoms with van der Waals surface area (Å²) in [5, 5.41) is 2.76. The van der Waals surface area contributed by atoms with Gasteiger partial charge in [0.05, 0.1) is 17.7 Å². The van der Waals surface area contributed by atoms with E-state index in [0.717, 1.165) is 4.31 Å². The molecule has 1 N–H and O–H groups in total. The number of ether oxygens (including phenoxy) is 1. The number of sulfonamides is 1. The van der Waals surface area contributed by atoms with Crippen molar-refractivity contribution in [3.8, 4) is 5.75 Å². The van der Waals surface area contributed by atoms with E-state index in [-0.39, 0.29) is 28.7 Å². The smallest absolute Gasteiger partial charge is 0.264 e. The number of benzene rings is 3. The van der Waals surface area contributed by atoms with Crippen LogP contribution in [0.25, 0.3) is 0 Å². The molecule has 0 heterocycles. The number of carbonyl (C=O) groups excluding carboxylic acids is 2. The van der Waals surface area contributed by atoms with E-state index in [2.05, 4.69) is 5.32 Å². The predicted molar refractivity (Wildman–Crippen MR) is 144 cm³/mol. The molecule has 0 fully saturated rings. The van der Waals surface area contributed by atoms with E-state index in [1.807, 2.05) is 0 Å². The molecule has 3 aromatic carbocycles. The quantitative estimate of drug-likeness (QED) is 0.396. The molecule has 10 heteroatoms. The maximum atomic E-state index is 14.6. The molecule has 3 aromatic rings. The summed E-state index contributed by atoms with van der Waals surface area (Å²) in [5.41, 5.74) is 0.399. The summed E-state index contributed by atoms with van der Waals surface area (Å²) in [4.78, 5) is 27.9. The molecule has 0 saturated heterocycles. The number of hydrogen-bond acceptors (Lipinski definition) is 5. The van der Waals surface area contributed by atoms with E-state index < -0.39 is 40.2 Å². The summed E-state index contributed by atoms with van der Waals surface area (Å²) in [5.74, 6) is -1.26. The van der Waals surface area contributed by atoms with Gasteiger partial charge in [-0.2, -0.15) is 0 Å². The first-order chi connectivity index (χ1) is 18.0. The first-order valence-electron chi connectivity index (χ1n) is 12.1. The average molecular weight is 542 g/mol. The molecule has 0 saturated carbocycles. The van der Waals surface area contributed by atoms with Gasteiger partial charge in [0.2, 0.25) is 11.8 Å². The highest BCUT2D eigenvalue weighted by molar-refractivity contribution is 7.92. The second kappa shape index (κ2) is 12.6. The van der Waals surface area contributed by atoms with Crippen molar-refractivity contribution in [2.75, 3.05) is 18.0 Å². The van der Waals surface area contributed by atoms with Crippen LogP contribution in [0.5, 0.6) is 5.75 Å². The van der Waals surface area contributed by atoms with Gasteiger partial charge in [-0.1, -0.05) is 42.5 Å². The number of anilines is 1. The molecule has 38 heavy (non-hydrogen) atoms. The molecular weight excluding hydrogens is 509 g/mol. The van der Waals surface area contributed by atoms with Crippen molar-refractivity contribution in [3.63, 3.8) is 0 Å². The summed E-state index contributed by atoms with van der Waals surface area (Å²) < 4.78 is 48.2. The number of rotatable bonds is 11. The van der Waals surface area contributed by atoms with Crippen LogP contribution in [0.1, 0.15) is 26.3 Å². The molecule has 2 amide bonds. The highest BCUT2D eigenvalue weighted by atomic mass is 32.2. The summed E-state index contributed by atoms with van der Waals surface area (Å²) in [6.45, 7) is 4.24. The van der Waals surface area contributed by atoms with Gasteiger partial charge in [-0.25, -0.2) is 12.8 Å². The van der Waals surface area contributed by atoms with Gasteiger partial charge in [0.25, 0.3) is 10.0 Å². The third kappa shape index (κ3) is 6.89. The predicted octanol–water partition coefficient (Wildman–Crippen LogP) is 3.97. The Balaban J connectivity index is 2.05. The summed E-state index contributed by atoms with van der Waals surface area (Å²) in [6.07, 6.45) is 0. The maximum absolute atomic E-state index is 14.6. The van der Waals surface area contributed by atoms with Crippen molar-refractivity contribution >= 4 is 27.5 Å². The van der Waals surface area contributed by atoms with Gasteiger partial charge in [-0.05, 0) is 51.1 Å². The van der Waals surface area contributed by atoms with Gasteiger partial charge in [0, 0.05) is 24.2 Å². The molecular formula is C28H32FN3O5S. The van der Waals surface area contributed by atoms with Crippen LogP contribution >= 0.6 is 0 Å². The van der Waals surface area contributed by atoms with Gasteiger partial charge < -0.3 is 15.0 Å². The van der Waals surface area contributed by atoms with Crippen LogP contribution in [-0.2, 0) is 26.2 Å². The second-order valence-electron chi connectivity index (χ2n) is 8.98. The monoisotopic (exact) mass is 541 g/mol. The molecule has 1 atom stereocenters. The molecule has 0 aliphatic carbocycles. The molecule has 0 radical (unpaired) electrons. The summed E-state index contributed by atoms with van der Waals surface area (Å²) in [7, 11) is -2.75. The number of nitrogens with zero attached hydrogens (tertiary/aromatic N) is 2. The topological polar surface area (TPSA) is 96.0 Å². The molecule has 0 aliphatic rings. The van der Waals surface area contributed by atoms with Crippen LogP contribution in [0, 0.1) is 5.82 Å². The van der Waals surface area contributed by atoms with E-state index in [1.54, 1.807) is 56.3 Å². The fourth-order valence-corrected chi connectivity index (χ4v) is 5.24. The van der Waals surface area contributed by atoms with E-state index in [1.165, 1.54) is 55.3 Å². The van der Waals surface area contributed by atoms with Crippen molar-refractivity contribution in [1.29, 1.82) is 0 Å². The molecule has 202 valence electrons. The lowest BCUT2D eigenvalue weighted by Crippen LogP contribution is -2.52. The Kier molecular flexibility index (Phi) is 9.46. The number of methoxy groups -OCH3 is 1. The van der Waals surface area contributed by atoms with Gasteiger partial charge in [-0.15, -0.1) is 0 Å². The number of hydrogen-bond donors (Lipinski definition) is 1. The van der Waals surface area contributed by atoms with Crippen molar-refractivity contribution in [1.82, 2.24) is 10.2 Å². The van der Waals surface area contributed by atoms with Gasteiger partial charge >= 0.3 is 0 Å². The van der Waals surface area contributed by atoms with E-state index in [0.29, 0.717) is 5.75 Å². The SMILES string of the molecule is COc1cccc(N(CC(=O)N(Cc2ccccc2F)C(C)C(=O)NC(C)C)S(=O)(=O)c2ccccc2)c1. The van der Waals surface area contributed by atoms with Crippen LogP contribution in [0.15, 0.2) is 83.8 Å². The average Bonchev–Trinajstić information content (AvgIpc) is 2.90.